The minimum absolute atomic E-state index is 0.873. The SMILES string of the molecule is Nc1ccc2scc(CN3CCCCCC3)c2c1. The molecule has 0 atom stereocenters. The fraction of sp³-hybridized carbons (Fsp3) is 0.467. The molecule has 0 bridgehead atoms. The first-order valence-corrected chi connectivity index (χ1v) is 7.69. The normalized spacial score (nSPS) is 18.0. The highest BCUT2D eigenvalue weighted by atomic mass is 32.1. The molecular weight excluding hydrogens is 240 g/mol. The van der Waals surface area contributed by atoms with E-state index in [4.69, 9.17) is 5.73 Å². The lowest BCUT2D eigenvalue weighted by Gasteiger charge is -2.19. The molecule has 1 aliphatic rings. The third-order valence-corrected chi connectivity index (χ3v) is 4.78. The van der Waals surface area contributed by atoms with Gasteiger partial charge in [0.15, 0.2) is 0 Å². The summed E-state index contributed by atoms with van der Waals surface area (Å²) in [6, 6.07) is 6.26. The smallest absolute Gasteiger partial charge is 0.0347 e. The van der Waals surface area contributed by atoms with Crippen molar-refractivity contribution in [3.63, 3.8) is 0 Å². The van der Waals surface area contributed by atoms with Crippen LogP contribution in [0.2, 0.25) is 0 Å². The highest BCUT2D eigenvalue weighted by molar-refractivity contribution is 7.17. The second-order valence-electron chi connectivity index (χ2n) is 5.21. The van der Waals surface area contributed by atoms with Crippen molar-refractivity contribution in [3.05, 3.63) is 29.1 Å². The topological polar surface area (TPSA) is 29.3 Å². The van der Waals surface area contributed by atoms with Crippen LogP contribution >= 0.6 is 11.3 Å². The lowest BCUT2D eigenvalue weighted by molar-refractivity contribution is 0.278. The van der Waals surface area contributed by atoms with Gasteiger partial charge in [0.05, 0.1) is 0 Å². The molecule has 0 aliphatic carbocycles. The zero-order valence-corrected chi connectivity index (χ0v) is 11.5. The van der Waals surface area contributed by atoms with Crippen LogP contribution in [-0.4, -0.2) is 18.0 Å². The van der Waals surface area contributed by atoms with Gasteiger partial charge in [0.25, 0.3) is 0 Å². The van der Waals surface area contributed by atoms with Gasteiger partial charge in [0.1, 0.15) is 0 Å². The van der Waals surface area contributed by atoms with Crippen LogP contribution in [0.3, 0.4) is 0 Å². The lowest BCUT2D eigenvalue weighted by atomic mass is 10.1. The molecule has 3 rings (SSSR count). The average Bonchev–Trinajstić information content (AvgIpc) is 2.60. The van der Waals surface area contributed by atoms with Crippen molar-refractivity contribution in [2.75, 3.05) is 18.8 Å². The van der Waals surface area contributed by atoms with Crippen molar-refractivity contribution in [2.24, 2.45) is 0 Å². The Morgan fingerprint density at radius 3 is 2.67 bits per heavy atom. The summed E-state index contributed by atoms with van der Waals surface area (Å²) in [4.78, 5) is 2.59. The minimum atomic E-state index is 0.873. The molecule has 2 N–H and O–H groups in total. The molecule has 1 aromatic carbocycles. The standard InChI is InChI=1S/C15H20N2S/c16-13-5-6-15-14(9-13)12(11-18-15)10-17-7-3-1-2-4-8-17/h5-6,9,11H,1-4,7-8,10,16H2. The van der Waals surface area contributed by atoms with E-state index < -0.39 is 0 Å². The molecule has 1 fully saturated rings. The Morgan fingerprint density at radius 2 is 1.89 bits per heavy atom. The molecule has 2 aromatic rings. The van der Waals surface area contributed by atoms with Crippen LogP contribution < -0.4 is 5.73 Å². The van der Waals surface area contributed by atoms with Crippen molar-refractivity contribution in [2.45, 2.75) is 32.2 Å². The van der Waals surface area contributed by atoms with E-state index in [2.05, 4.69) is 22.4 Å². The van der Waals surface area contributed by atoms with Gasteiger partial charge in [-0.15, -0.1) is 11.3 Å². The predicted molar refractivity (Wildman–Crippen MR) is 80.0 cm³/mol. The molecule has 1 aromatic heterocycles. The van der Waals surface area contributed by atoms with E-state index >= 15 is 0 Å². The second-order valence-corrected chi connectivity index (χ2v) is 6.12. The number of nitrogen functional groups attached to an aromatic ring is 1. The average molecular weight is 260 g/mol. The van der Waals surface area contributed by atoms with Crippen LogP contribution in [0.5, 0.6) is 0 Å². The number of nitrogens with zero attached hydrogens (tertiary/aromatic N) is 1. The molecule has 0 spiro atoms. The lowest BCUT2D eigenvalue weighted by Crippen LogP contribution is -2.23. The summed E-state index contributed by atoms with van der Waals surface area (Å²) >= 11 is 1.83. The molecule has 3 heteroatoms. The molecule has 1 aliphatic heterocycles. The van der Waals surface area contributed by atoms with Crippen LogP contribution in [0.4, 0.5) is 5.69 Å². The molecule has 0 radical (unpaired) electrons. The van der Waals surface area contributed by atoms with Crippen LogP contribution in [-0.2, 0) is 6.54 Å². The Labute approximate surface area is 112 Å². The highest BCUT2D eigenvalue weighted by Crippen LogP contribution is 2.29. The van der Waals surface area contributed by atoms with Gasteiger partial charge in [0.2, 0.25) is 0 Å². The van der Waals surface area contributed by atoms with Crippen molar-refractivity contribution in [1.82, 2.24) is 4.90 Å². The van der Waals surface area contributed by atoms with E-state index in [1.54, 1.807) is 0 Å². The zero-order valence-electron chi connectivity index (χ0n) is 10.7. The third kappa shape index (κ3) is 2.52. The molecule has 0 saturated carbocycles. The zero-order chi connectivity index (χ0) is 12.4. The fourth-order valence-corrected chi connectivity index (χ4v) is 3.69. The number of hydrogen-bond acceptors (Lipinski definition) is 3. The summed E-state index contributed by atoms with van der Waals surface area (Å²) in [6.45, 7) is 3.59. The number of benzene rings is 1. The van der Waals surface area contributed by atoms with E-state index in [-0.39, 0.29) is 0 Å². The Balaban J connectivity index is 1.83. The first-order valence-electron chi connectivity index (χ1n) is 6.81. The maximum absolute atomic E-state index is 5.90. The largest absolute Gasteiger partial charge is 0.399 e. The van der Waals surface area contributed by atoms with Crippen molar-refractivity contribution in [3.8, 4) is 0 Å². The van der Waals surface area contributed by atoms with Crippen LogP contribution in [0.15, 0.2) is 23.6 Å². The molecular formula is C15H20N2S. The molecule has 0 unspecified atom stereocenters. The maximum atomic E-state index is 5.90. The first-order chi connectivity index (χ1) is 8.83. The summed E-state index contributed by atoms with van der Waals surface area (Å²) in [6.07, 6.45) is 5.50. The van der Waals surface area contributed by atoms with E-state index in [0.29, 0.717) is 0 Å². The molecule has 96 valence electrons. The van der Waals surface area contributed by atoms with Gasteiger partial charge in [-0.2, -0.15) is 0 Å². The van der Waals surface area contributed by atoms with Crippen LogP contribution in [0, 0.1) is 0 Å². The number of fused-ring (bicyclic) bond motifs is 1. The number of likely N-dealkylation sites (tertiary alicyclic amines) is 1. The van der Waals surface area contributed by atoms with Crippen LogP contribution in [0.25, 0.3) is 10.1 Å². The molecule has 18 heavy (non-hydrogen) atoms. The van der Waals surface area contributed by atoms with Gasteiger partial charge >= 0.3 is 0 Å². The van der Waals surface area contributed by atoms with E-state index in [1.807, 2.05) is 17.4 Å². The Hall–Kier alpha value is -1.06. The fourth-order valence-electron chi connectivity index (χ4n) is 2.76. The van der Waals surface area contributed by atoms with Gasteiger partial charge in [0, 0.05) is 16.9 Å². The van der Waals surface area contributed by atoms with Gasteiger partial charge in [-0.3, -0.25) is 4.90 Å². The number of nitrogens with two attached hydrogens (primary N) is 1. The number of anilines is 1. The minimum Gasteiger partial charge on any atom is -0.399 e. The van der Waals surface area contributed by atoms with Crippen molar-refractivity contribution < 1.29 is 0 Å². The summed E-state index contributed by atoms with van der Waals surface area (Å²) < 4.78 is 1.36. The summed E-state index contributed by atoms with van der Waals surface area (Å²) in [7, 11) is 0. The quantitative estimate of drug-likeness (QED) is 0.831. The van der Waals surface area contributed by atoms with Gasteiger partial charge in [-0.1, -0.05) is 12.8 Å². The van der Waals surface area contributed by atoms with E-state index in [9.17, 15) is 0 Å². The second kappa shape index (κ2) is 5.29. The molecule has 2 heterocycles. The van der Waals surface area contributed by atoms with Crippen molar-refractivity contribution >= 4 is 27.1 Å². The Kier molecular flexibility index (Phi) is 3.52. The molecule has 1 saturated heterocycles. The maximum Gasteiger partial charge on any atom is 0.0347 e. The van der Waals surface area contributed by atoms with E-state index in [0.717, 1.165) is 12.2 Å². The monoisotopic (exact) mass is 260 g/mol. The third-order valence-electron chi connectivity index (χ3n) is 3.77. The van der Waals surface area contributed by atoms with Crippen molar-refractivity contribution in [1.29, 1.82) is 0 Å². The highest BCUT2D eigenvalue weighted by Gasteiger charge is 2.12. The number of rotatable bonds is 2. The first kappa shape index (κ1) is 12.0. The Bertz CT molecular complexity index is 524. The predicted octanol–water partition coefficient (Wildman–Crippen LogP) is 3.86. The number of thiophene rings is 1. The van der Waals surface area contributed by atoms with E-state index in [1.165, 1.54) is 54.4 Å². The van der Waals surface area contributed by atoms with Gasteiger partial charge in [-0.05, 0) is 60.5 Å². The summed E-state index contributed by atoms with van der Waals surface area (Å²) in [5.41, 5.74) is 8.22. The molecule has 2 nitrogen and oxygen atoms in total. The summed E-state index contributed by atoms with van der Waals surface area (Å²) in [5.74, 6) is 0. The summed E-state index contributed by atoms with van der Waals surface area (Å²) in [5, 5.41) is 3.65. The number of hydrogen-bond donors (Lipinski definition) is 1. The van der Waals surface area contributed by atoms with Gasteiger partial charge in [-0.25, -0.2) is 0 Å². The van der Waals surface area contributed by atoms with Crippen LogP contribution in [0.1, 0.15) is 31.2 Å². The van der Waals surface area contributed by atoms with Gasteiger partial charge < -0.3 is 5.73 Å². The Morgan fingerprint density at radius 1 is 1.11 bits per heavy atom. The molecule has 0 amide bonds.